The van der Waals surface area contributed by atoms with E-state index in [1.54, 1.807) is 45.0 Å². The lowest BCUT2D eigenvalue weighted by Crippen LogP contribution is -2.35. The van der Waals surface area contributed by atoms with Gasteiger partial charge in [0.2, 0.25) is 0 Å². The molecule has 1 heterocycles. The van der Waals surface area contributed by atoms with E-state index in [1.165, 1.54) is 0 Å². The summed E-state index contributed by atoms with van der Waals surface area (Å²) in [5, 5.41) is 5.39. The molecular weight excluding hydrogens is 312 g/mol. The van der Waals surface area contributed by atoms with Gasteiger partial charge < -0.3 is 20.1 Å². The van der Waals surface area contributed by atoms with Crippen LogP contribution in [0.5, 0.6) is 0 Å². The maximum atomic E-state index is 12.2. The van der Waals surface area contributed by atoms with Gasteiger partial charge in [-0.05, 0) is 38.5 Å². The van der Waals surface area contributed by atoms with Crippen molar-refractivity contribution in [2.24, 2.45) is 0 Å². The highest BCUT2D eigenvalue weighted by Crippen LogP contribution is 2.10. The molecule has 1 aliphatic rings. The number of amides is 2. The minimum atomic E-state index is -0.563. The second-order valence-electron chi connectivity index (χ2n) is 6.61. The quantitative estimate of drug-likeness (QED) is 0.818. The van der Waals surface area contributed by atoms with Crippen LogP contribution < -0.4 is 10.6 Å². The Morgan fingerprint density at radius 2 is 2.08 bits per heavy atom. The number of hydrogen-bond acceptors (Lipinski definition) is 5. The van der Waals surface area contributed by atoms with Crippen LogP contribution in [0.4, 0.5) is 4.79 Å². The molecule has 2 amide bonds. The van der Waals surface area contributed by atoms with Crippen LogP contribution in [0.1, 0.15) is 43.1 Å². The fourth-order valence-electron chi connectivity index (χ4n) is 2.18. The molecule has 2 rings (SSSR count). The van der Waals surface area contributed by atoms with Crippen LogP contribution in [0, 0.1) is 0 Å². The van der Waals surface area contributed by atoms with Crippen LogP contribution in [0.15, 0.2) is 24.3 Å². The number of hydrogen-bond donors (Lipinski definition) is 2. The van der Waals surface area contributed by atoms with Gasteiger partial charge in [-0.3, -0.25) is 9.59 Å². The molecule has 7 heteroatoms. The number of rotatable bonds is 4. The Balaban J connectivity index is 1.90. The van der Waals surface area contributed by atoms with Crippen LogP contribution in [0.3, 0.4) is 0 Å². The lowest BCUT2D eigenvalue weighted by atomic mass is 10.1. The van der Waals surface area contributed by atoms with Gasteiger partial charge in [0.1, 0.15) is 12.2 Å². The minimum absolute atomic E-state index is 0.186. The molecule has 1 aromatic rings. The number of esters is 1. The Labute approximate surface area is 140 Å². The number of benzene rings is 1. The van der Waals surface area contributed by atoms with Gasteiger partial charge in [0.25, 0.3) is 5.91 Å². The van der Waals surface area contributed by atoms with Gasteiger partial charge in [-0.1, -0.05) is 12.1 Å². The van der Waals surface area contributed by atoms with Gasteiger partial charge in [-0.15, -0.1) is 0 Å². The smallest absolute Gasteiger partial charge is 0.407 e. The van der Waals surface area contributed by atoms with Crippen molar-refractivity contribution in [2.75, 3.05) is 6.61 Å². The van der Waals surface area contributed by atoms with Crippen LogP contribution in [0.2, 0.25) is 0 Å². The molecule has 0 bridgehead atoms. The Morgan fingerprint density at radius 1 is 1.33 bits per heavy atom. The van der Waals surface area contributed by atoms with E-state index in [4.69, 9.17) is 9.47 Å². The van der Waals surface area contributed by atoms with E-state index in [1.807, 2.05) is 0 Å². The first-order chi connectivity index (χ1) is 11.2. The molecule has 1 atom stereocenters. The van der Waals surface area contributed by atoms with E-state index in [0.717, 1.165) is 5.56 Å². The number of cyclic esters (lactones) is 1. The van der Waals surface area contributed by atoms with Crippen molar-refractivity contribution in [1.29, 1.82) is 0 Å². The molecule has 7 nitrogen and oxygen atoms in total. The molecule has 130 valence electrons. The molecule has 0 saturated carbocycles. The molecule has 0 radical (unpaired) electrons. The summed E-state index contributed by atoms with van der Waals surface area (Å²) in [4.78, 5) is 34.9. The average Bonchev–Trinajstić information content (AvgIpc) is 2.89. The largest absolute Gasteiger partial charge is 0.463 e. The zero-order chi connectivity index (χ0) is 17.7. The van der Waals surface area contributed by atoms with Gasteiger partial charge in [-0.25, -0.2) is 4.79 Å². The predicted molar refractivity (Wildman–Crippen MR) is 86.3 cm³/mol. The fourth-order valence-corrected chi connectivity index (χ4v) is 2.18. The van der Waals surface area contributed by atoms with Gasteiger partial charge in [0.05, 0.1) is 12.5 Å². The summed E-state index contributed by atoms with van der Waals surface area (Å²) in [6.07, 6.45) is -0.329. The average molecular weight is 334 g/mol. The first-order valence-corrected chi connectivity index (χ1v) is 7.75. The van der Waals surface area contributed by atoms with Crippen molar-refractivity contribution < 1.29 is 23.9 Å². The summed E-state index contributed by atoms with van der Waals surface area (Å²) >= 11 is 0. The summed E-state index contributed by atoms with van der Waals surface area (Å²) in [6.45, 7) is 5.81. The van der Waals surface area contributed by atoms with Gasteiger partial charge in [-0.2, -0.15) is 0 Å². The normalized spacial score (nSPS) is 17.1. The van der Waals surface area contributed by atoms with E-state index in [2.05, 4.69) is 10.6 Å². The maximum Gasteiger partial charge on any atom is 0.407 e. The summed E-state index contributed by atoms with van der Waals surface area (Å²) in [5.74, 6) is -0.590. The van der Waals surface area contributed by atoms with E-state index in [9.17, 15) is 14.4 Å². The van der Waals surface area contributed by atoms with E-state index < -0.39 is 11.7 Å². The third kappa shape index (κ3) is 5.57. The highest BCUT2D eigenvalue weighted by Gasteiger charge is 2.25. The van der Waals surface area contributed by atoms with Crippen molar-refractivity contribution in [3.05, 3.63) is 35.4 Å². The Morgan fingerprint density at radius 3 is 2.71 bits per heavy atom. The molecule has 0 spiro atoms. The summed E-state index contributed by atoms with van der Waals surface area (Å²) < 4.78 is 9.98. The van der Waals surface area contributed by atoms with Crippen molar-refractivity contribution in [3.8, 4) is 0 Å². The topological polar surface area (TPSA) is 93.7 Å². The van der Waals surface area contributed by atoms with Crippen LogP contribution in [-0.2, 0) is 20.8 Å². The molecule has 1 aromatic carbocycles. The van der Waals surface area contributed by atoms with Crippen molar-refractivity contribution in [2.45, 2.75) is 45.4 Å². The highest BCUT2D eigenvalue weighted by molar-refractivity contribution is 5.95. The molecular formula is C17H22N2O5. The molecule has 24 heavy (non-hydrogen) atoms. The van der Waals surface area contributed by atoms with Gasteiger partial charge in [0, 0.05) is 12.1 Å². The molecule has 1 fully saturated rings. The monoisotopic (exact) mass is 334 g/mol. The molecule has 2 N–H and O–H groups in total. The first-order valence-electron chi connectivity index (χ1n) is 7.75. The van der Waals surface area contributed by atoms with Crippen molar-refractivity contribution in [1.82, 2.24) is 10.6 Å². The molecule has 0 aliphatic carbocycles. The number of nitrogens with one attached hydrogen (secondary N) is 2. The molecule has 0 aromatic heterocycles. The lowest BCUT2D eigenvalue weighted by molar-refractivity contribution is -0.137. The van der Waals surface area contributed by atoms with Crippen LogP contribution in [0.25, 0.3) is 0 Å². The summed E-state index contributed by atoms with van der Waals surface area (Å²) in [7, 11) is 0. The maximum absolute atomic E-state index is 12.2. The number of carbonyl (C=O) groups is 3. The third-order valence-corrected chi connectivity index (χ3v) is 3.22. The molecule has 1 saturated heterocycles. The summed E-state index contributed by atoms with van der Waals surface area (Å²) in [6, 6.07) is 6.59. The zero-order valence-corrected chi connectivity index (χ0v) is 14.0. The van der Waals surface area contributed by atoms with Crippen molar-refractivity contribution >= 4 is 18.0 Å². The number of carbonyl (C=O) groups excluding carboxylic acids is 3. The second kappa shape index (κ2) is 7.33. The van der Waals surface area contributed by atoms with Crippen LogP contribution >= 0.6 is 0 Å². The fraction of sp³-hybridized carbons (Fsp3) is 0.471. The molecule has 0 unspecified atom stereocenters. The number of alkyl carbamates (subject to hydrolysis) is 1. The van der Waals surface area contributed by atoms with E-state index >= 15 is 0 Å². The Bertz CT molecular complexity index is 636. The Kier molecular flexibility index (Phi) is 5.43. The standard InChI is InChI=1S/C17H22N2O5/c1-17(2,3)24-16(22)18-9-11-5-4-6-12(7-11)15(21)19-13-8-14(20)23-10-13/h4-7,13H,8-10H2,1-3H3,(H,18,22)(H,19,21)/t13-/m0/s1. The van der Waals surface area contributed by atoms with E-state index in [-0.39, 0.29) is 37.5 Å². The summed E-state index contributed by atoms with van der Waals surface area (Å²) in [5.41, 5.74) is 0.664. The molecule has 1 aliphatic heterocycles. The predicted octanol–water partition coefficient (Wildman–Crippen LogP) is 1.76. The van der Waals surface area contributed by atoms with Crippen LogP contribution in [-0.4, -0.2) is 36.2 Å². The minimum Gasteiger partial charge on any atom is -0.463 e. The highest BCUT2D eigenvalue weighted by atomic mass is 16.6. The SMILES string of the molecule is CC(C)(C)OC(=O)NCc1cccc(C(=O)N[C@@H]2COC(=O)C2)c1. The van der Waals surface area contributed by atoms with Crippen molar-refractivity contribution in [3.63, 3.8) is 0 Å². The first kappa shape index (κ1) is 17.8. The number of ether oxygens (including phenoxy) is 2. The van der Waals surface area contributed by atoms with Gasteiger partial charge >= 0.3 is 12.1 Å². The lowest BCUT2D eigenvalue weighted by Gasteiger charge is -2.19. The second-order valence-corrected chi connectivity index (χ2v) is 6.61. The van der Waals surface area contributed by atoms with E-state index in [0.29, 0.717) is 5.56 Å². The van der Waals surface area contributed by atoms with Gasteiger partial charge in [0.15, 0.2) is 0 Å². The third-order valence-electron chi connectivity index (χ3n) is 3.22. The zero-order valence-electron chi connectivity index (χ0n) is 14.0. The Hall–Kier alpha value is -2.57.